The van der Waals surface area contributed by atoms with Crippen molar-refractivity contribution in [1.82, 2.24) is 0 Å². The van der Waals surface area contributed by atoms with Gasteiger partial charge < -0.3 is 19.3 Å². The third-order valence-electron chi connectivity index (χ3n) is 4.06. The Kier molecular flexibility index (Phi) is 2.88. The zero-order chi connectivity index (χ0) is 16.0. The Hall–Kier alpha value is -3.20. The van der Waals surface area contributed by atoms with Crippen LogP contribution < -0.4 is 14.2 Å². The largest absolute Gasteiger partial charge is 0.508 e. The van der Waals surface area contributed by atoms with E-state index in [1.807, 2.05) is 12.1 Å². The minimum atomic E-state index is -0.743. The van der Waals surface area contributed by atoms with Crippen LogP contribution in [0.1, 0.15) is 17.0 Å². The van der Waals surface area contributed by atoms with Crippen LogP contribution in [0.4, 0.5) is 0 Å². The smallest absolute Gasteiger partial charge is 0.231 e. The van der Waals surface area contributed by atoms with Gasteiger partial charge in [0.15, 0.2) is 11.5 Å². The Labute approximate surface area is 132 Å². The second kappa shape index (κ2) is 4.92. The summed E-state index contributed by atoms with van der Waals surface area (Å²) in [5, 5.41) is 27.1. The Bertz CT molecular complexity index is 856. The molecule has 23 heavy (non-hydrogen) atoms. The second-order valence-corrected chi connectivity index (χ2v) is 5.39. The molecule has 2 heterocycles. The molecule has 0 bridgehead atoms. The average molecular weight is 308 g/mol. The SMILES string of the molecule is N#CC1C(=N)Oc2cc(O)ccc2C1c1ccc2c(c1)OCO2. The predicted octanol–water partition coefficient (Wildman–Crippen LogP) is 2.76. The van der Waals surface area contributed by atoms with Gasteiger partial charge in [-0.2, -0.15) is 5.26 Å². The van der Waals surface area contributed by atoms with Gasteiger partial charge in [0.2, 0.25) is 12.7 Å². The first kappa shape index (κ1) is 13.5. The van der Waals surface area contributed by atoms with E-state index in [1.54, 1.807) is 18.2 Å². The van der Waals surface area contributed by atoms with Crippen molar-refractivity contribution in [3.63, 3.8) is 0 Å². The molecule has 2 aromatic rings. The van der Waals surface area contributed by atoms with Crippen LogP contribution in [-0.4, -0.2) is 17.8 Å². The number of benzene rings is 2. The summed E-state index contributed by atoms with van der Waals surface area (Å²) in [5.41, 5.74) is 1.59. The first-order chi connectivity index (χ1) is 11.2. The van der Waals surface area contributed by atoms with Crippen molar-refractivity contribution in [2.45, 2.75) is 5.92 Å². The molecule has 6 nitrogen and oxygen atoms in total. The molecule has 2 N–H and O–H groups in total. The lowest BCUT2D eigenvalue weighted by molar-refractivity contribution is 0.174. The monoisotopic (exact) mass is 308 g/mol. The van der Waals surface area contributed by atoms with Crippen LogP contribution in [0.15, 0.2) is 36.4 Å². The van der Waals surface area contributed by atoms with Crippen LogP contribution >= 0.6 is 0 Å². The first-order valence-corrected chi connectivity index (χ1v) is 7.06. The number of hydrogen-bond donors (Lipinski definition) is 2. The summed E-state index contributed by atoms with van der Waals surface area (Å²) in [5.74, 6) is 0.487. The van der Waals surface area contributed by atoms with Gasteiger partial charge in [-0.3, -0.25) is 5.41 Å². The molecule has 2 atom stereocenters. The van der Waals surface area contributed by atoms with E-state index in [-0.39, 0.29) is 24.4 Å². The zero-order valence-corrected chi connectivity index (χ0v) is 11.9. The van der Waals surface area contributed by atoms with Gasteiger partial charge in [-0.05, 0) is 23.8 Å². The molecule has 2 aromatic carbocycles. The maximum absolute atomic E-state index is 9.63. The zero-order valence-electron chi connectivity index (χ0n) is 11.9. The van der Waals surface area contributed by atoms with Gasteiger partial charge in [0, 0.05) is 17.5 Å². The summed E-state index contributed by atoms with van der Waals surface area (Å²) in [6.45, 7) is 0.175. The maximum atomic E-state index is 9.63. The molecule has 0 aliphatic carbocycles. The lowest BCUT2D eigenvalue weighted by Gasteiger charge is -2.30. The number of rotatable bonds is 1. The number of aromatic hydroxyl groups is 1. The van der Waals surface area contributed by atoms with E-state index in [0.717, 1.165) is 11.1 Å². The number of phenolic OH excluding ortho intramolecular Hbond substituents is 1. The van der Waals surface area contributed by atoms with Gasteiger partial charge in [-0.1, -0.05) is 12.1 Å². The van der Waals surface area contributed by atoms with E-state index in [2.05, 4.69) is 6.07 Å². The van der Waals surface area contributed by atoms with Crippen molar-refractivity contribution in [3.05, 3.63) is 47.5 Å². The quantitative estimate of drug-likeness (QED) is 0.844. The summed E-state index contributed by atoms with van der Waals surface area (Å²) < 4.78 is 16.1. The lowest BCUT2D eigenvalue weighted by Crippen LogP contribution is -2.30. The van der Waals surface area contributed by atoms with Gasteiger partial charge in [0.05, 0.1) is 6.07 Å². The highest BCUT2D eigenvalue weighted by molar-refractivity contribution is 5.85. The molecule has 0 spiro atoms. The summed E-state index contributed by atoms with van der Waals surface area (Å²) in [6, 6.07) is 12.3. The van der Waals surface area contributed by atoms with E-state index >= 15 is 0 Å². The Balaban J connectivity index is 1.88. The van der Waals surface area contributed by atoms with Crippen molar-refractivity contribution in [2.75, 3.05) is 6.79 Å². The first-order valence-electron chi connectivity index (χ1n) is 7.06. The van der Waals surface area contributed by atoms with Crippen molar-refractivity contribution in [3.8, 4) is 29.1 Å². The van der Waals surface area contributed by atoms with Gasteiger partial charge in [-0.15, -0.1) is 0 Å². The van der Waals surface area contributed by atoms with E-state index in [9.17, 15) is 10.4 Å². The molecule has 0 saturated carbocycles. The molecule has 4 rings (SSSR count). The molecule has 0 amide bonds. The molecule has 0 fully saturated rings. The highest BCUT2D eigenvalue weighted by Gasteiger charge is 2.37. The van der Waals surface area contributed by atoms with Gasteiger partial charge in [0.25, 0.3) is 0 Å². The summed E-state index contributed by atoms with van der Waals surface area (Å²) in [6.07, 6.45) is 0. The highest BCUT2D eigenvalue weighted by atomic mass is 16.7. The predicted molar refractivity (Wildman–Crippen MR) is 80.0 cm³/mol. The van der Waals surface area contributed by atoms with E-state index in [0.29, 0.717) is 17.2 Å². The van der Waals surface area contributed by atoms with Crippen LogP contribution in [0.25, 0.3) is 0 Å². The topological polar surface area (TPSA) is 95.6 Å². The number of nitriles is 1. The standard InChI is InChI=1S/C17H12N2O4/c18-7-12-16(9-1-4-13-15(5-9)22-8-21-13)11-3-2-10(20)6-14(11)23-17(12)19/h1-6,12,16,19-20H,8H2. The van der Waals surface area contributed by atoms with Crippen molar-refractivity contribution in [2.24, 2.45) is 5.92 Å². The summed E-state index contributed by atoms with van der Waals surface area (Å²) in [4.78, 5) is 0. The van der Waals surface area contributed by atoms with Crippen molar-refractivity contribution in [1.29, 1.82) is 10.7 Å². The summed E-state index contributed by atoms with van der Waals surface area (Å²) >= 11 is 0. The number of ether oxygens (including phenoxy) is 3. The lowest BCUT2D eigenvalue weighted by atomic mass is 9.79. The van der Waals surface area contributed by atoms with Crippen molar-refractivity contribution >= 4 is 5.90 Å². The fourth-order valence-electron chi connectivity index (χ4n) is 2.99. The molecule has 114 valence electrons. The highest BCUT2D eigenvalue weighted by Crippen LogP contribution is 2.45. The number of phenols is 1. The van der Waals surface area contributed by atoms with Crippen LogP contribution in [0.5, 0.6) is 23.0 Å². The minimum absolute atomic E-state index is 0.0522. The Morgan fingerprint density at radius 1 is 1.09 bits per heavy atom. The molecular weight excluding hydrogens is 296 g/mol. The number of nitrogens with zero attached hydrogens (tertiary/aromatic N) is 1. The van der Waals surface area contributed by atoms with Crippen LogP contribution in [0.3, 0.4) is 0 Å². The second-order valence-electron chi connectivity index (χ2n) is 5.39. The molecule has 0 saturated heterocycles. The average Bonchev–Trinajstić information content (AvgIpc) is 3.00. The minimum Gasteiger partial charge on any atom is -0.508 e. The molecule has 2 aliphatic heterocycles. The summed E-state index contributed by atoms with van der Waals surface area (Å²) in [7, 11) is 0. The Morgan fingerprint density at radius 2 is 1.91 bits per heavy atom. The normalized spacial score (nSPS) is 21.3. The fraction of sp³-hybridized carbons (Fsp3) is 0.176. The fourth-order valence-corrected chi connectivity index (χ4v) is 2.99. The van der Waals surface area contributed by atoms with Gasteiger partial charge >= 0.3 is 0 Å². The van der Waals surface area contributed by atoms with Gasteiger partial charge in [0.1, 0.15) is 17.4 Å². The third kappa shape index (κ3) is 2.06. The number of nitrogens with one attached hydrogen (secondary N) is 1. The third-order valence-corrected chi connectivity index (χ3v) is 4.06. The number of hydrogen-bond acceptors (Lipinski definition) is 6. The molecule has 0 radical (unpaired) electrons. The Morgan fingerprint density at radius 3 is 2.74 bits per heavy atom. The van der Waals surface area contributed by atoms with Crippen LogP contribution in [0.2, 0.25) is 0 Å². The van der Waals surface area contributed by atoms with E-state index in [1.165, 1.54) is 6.07 Å². The molecule has 2 unspecified atom stereocenters. The van der Waals surface area contributed by atoms with Crippen molar-refractivity contribution < 1.29 is 19.3 Å². The van der Waals surface area contributed by atoms with Crippen LogP contribution in [-0.2, 0) is 0 Å². The molecular formula is C17H12N2O4. The molecule has 2 aliphatic rings. The van der Waals surface area contributed by atoms with E-state index < -0.39 is 5.92 Å². The van der Waals surface area contributed by atoms with Crippen LogP contribution in [0, 0.1) is 22.7 Å². The van der Waals surface area contributed by atoms with E-state index in [4.69, 9.17) is 19.6 Å². The maximum Gasteiger partial charge on any atom is 0.231 e. The number of fused-ring (bicyclic) bond motifs is 2. The van der Waals surface area contributed by atoms with Gasteiger partial charge in [-0.25, -0.2) is 0 Å². The molecule has 6 heteroatoms. The molecule has 0 aromatic heterocycles.